The van der Waals surface area contributed by atoms with Crippen molar-refractivity contribution in [3.05, 3.63) is 101 Å². The van der Waals surface area contributed by atoms with Gasteiger partial charge >= 0.3 is 6.18 Å². The van der Waals surface area contributed by atoms with Gasteiger partial charge in [-0.15, -0.1) is 0 Å². The fourth-order valence-corrected chi connectivity index (χ4v) is 4.09. The topological polar surface area (TPSA) is 17.8 Å². The predicted octanol–water partition coefficient (Wildman–Crippen LogP) is 7.50. The summed E-state index contributed by atoms with van der Waals surface area (Å²) in [7, 11) is 0. The van der Waals surface area contributed by atoms with E-state index in [1.54, 1.807) is 6.07 Å². The molecule has 0 unspecified atom stereocenters. The summed E-state index contributed by atoms with van der Waals surface area (Å²) in [5.41, 5.74) is 2.80. The van der Waals surface area contributed by atoms with Gasteiger partial charge in [-0.3, -0.25) is 4.57 Å². The largest absolute Gasteiger partial charge is 0.416 e. The van der Waals surface area contributed by atoms with Crippen molar-refractivity contribution < 1.29 is 13.2 Å². The van der Waals surface area contributed by atoms with Crippen LogP contribution in [0.2, 0.25) is 5.02 Å². The number of imidazole rings is 1. The van der Waals surface area contributed by atoms with E-state index in [4.69, 9.17) is 16.6 Å². The number of aromatic nitrogens is 2. The highest BCUT2D eigenvalue weighted by atomic mass is 35.5. The van der Waals surface area contributed by atoms with Gasteiger partial charge in [-0.1, -0.05) is 71.9 Å². The van der Waals surface area contributed by atoms with Crippen molar-refractivity contribution in [2.24, 2.45) is 0 Å². The van der Waals surface area contributed by atoms with Crippen LogP contribution >= 0.6 is 23.4 Å². The monoisotopic (exact) mass is 444 g/mol. The van der Waals surface area contributed by atoms with E-state index in [0.717, 1.165) is 39.8 Å². The van der Waals surface area contributed by atoms with Gasteiger partial charge in [0.2, 0.25) is 0 Å². The average molecular weight is 445 g/mol. The highest BCUT2D eigenvalue weighted by Gasteiger charge is 2.29. The quantitative estimate of drug-likeness (QED) is 0.296. The third kappa shape index (κ3) is 4.71. The van der Waals surface area contributed by atoms with E-state index < -0.39 is 11.7 Å². The molecule has 0 atom stereocenters. The number of alkyl halides is 3. The van der Waals surface area contributed by atoms with E-state index in [-0.39, 0.29) is 0 Å². The number of nitrogens with zero attached hydrogens (tertiary/aromatic N) is 2. The van der Waals surface area contributed by atoms with Crippen LogP contribution < -0.4 is 0 Å². The Morgan fingerprint density at radius 2 is 1.63 bits per heavy atom. The second kappa shape index (κ2) is 8.58. The van der Waals surface area contributed by atoms with E-state index in [1.807, 2.05) is 59.3 Å². The smallest absolute Gasteiger partial charge is 0.294 e. The summed E-state index contributed by atoms with van der Waals surface area (Å²) in [6.45, 7) is 0. The van der Waals surface area contributed by atoms with Crippen LogP contribution in [0.4, 0.5) is 13.2 Å². The van der Waals surface area contributed by atoms with Gasteiger partial charge in [-0.25, -0.2) is 4.98 Å². The lowest BCUT2D eigenvalue weighted by atomic mass is 10.1. The molecule has 0 N–H and O–H groups in total. The van der Waals surface area contributed by atoms with Crippen molar-refractivity contribution in [1.29, 1.82) is 0 Å². The van der Waals surface area contributed by atoms with E-state index >= 15 is 0 Å². The first-order valence-electron chi connectivity index (χ1n) is 9.10. The normalized spacial score (nSPS) is 11.6. The molecule has 30 heavy (non-hydrogen) atoms. The molecule has 0 aliphatic carbocycles. The Morgan fingerprint density at radius 1 is 0.900 bits per heavy atom. The van der Waals surface area contributed by atoms with Crippen molar-refractivity contribution in [3.8, 4) is 16.9 Å². The van der Waals surface area contributed by atoms with E-state index in [2.05, 4.69) is 0 Å². The van der Waals surface area contributed by atoms with Gasteiger partial charge < -0.3 is 0 Å². The summed E-state index contributed by atoms with van der Waals surface area (Å²) in [4.78, 5) is 4.76. The molecule has 7 heteroatoms. The standard InChI is InChI=1S/C23H16ClF3N2S/c24-19-7-4-8-20(13-19)29-14-21(17-5-2-1-3-6-17)28-22(29)30-15-16-9-11-18(12-10-16)23(25,26)27/h1-14H,15H2. The van der Waals surface area contributed by atoms with Gasteiger partial charge in [0.1, 0.15) is 0 Å². The SMILES string of the molecule is FC(F)(F)c1ccc(CSc2nc(-c3ccccc3)cn2-c2cccc(Cl)c2)cc1. The molecule has 4 rings (SSSR count). The molecular weight excluding hydrogens is 429 g/mol. The molecule has 0 saturated carbocycles. The van der Waals surface area contributed by atoms with Crippen LogP contribution in [0.15, 0.2) is 90.2 Å². The van der Waals surface area contributed by atoms with Crippen LogP contribution in [0, 0.1) is 0 Å². The molecule has 1 heterocycles. The van der Waals surface area contributed by atoms with Gasteiger partial charge in [0.05, 0.1) is 11.3 Å². The Morgan fingerprint density at radius 3 is 2.30 bits per heavy atom. The first-order valence-corrected chi connectivity index (χ1v) is 10.5. The predicted molar refractivity (Wildman–Crippen MR) is 115 cm³/mol. The van der Waals surface area contributed by atoms with Gasteiger partial charge in [-0.05, 0) is 35.9 Å². The summed E-state index contributed by atoms with van der Waals surface area (Å²) in [5.74, 6) is 0.490. The van der Waals surface area contributed by atoms with Crippen LogP contribution in [0.5, 0.6) is 0 Å². The summed E-state index contributed by atoms with van der Waals surface area (Å²) in [5, 5.41) is 1.34. The molecule has 0 radical (unpaired) electrons. The molecule has 0 bridgehead atoms. The maximum Gasteiger partial charge on any atom is 0.416 e. The second-order valence-corrected chi connectivity index (χ2v) is 7.99. The highest BCUT2D eigenvalue weighted by molar-refractivity contribution is 7.98. The van der Waals surface area contributed by atoms with Crippen LogP contribution in [0.3, 0.4) is 0 Å². The Hall–Kier alpha value is -2.70. The number of hydrogen-bond acceptors (Lipinski definition) is 2. The van der Waals surface area contributed by atoms with Gasteiger partial charge in [0.15, 0.2) is 5.16 Å². The number of halogens is 4. The molecule has 4 aromatic rings. The minimum Gasteiger partial charge on any atom is -0.294 e. The molecule has 0 spiro atoms. The van der Waals surface area contributed by atoms with E-state index in [1.165, 1.54) is 23.9 Å². The maximum absolute atomic E-state index is 12.8. The van der Waals surface area contributed by atoms with Crippen molar-refractivity contribution >= 4 is 23.4 Å². The average Bonchev–Trinajstić information content (AvgIpc) is 3.17. The Labute approximate surface area is 181 Å². The fraction of sp³-hybridized carbons (Fsp3) is 0.0870. The molecule has 0 aliphatic rings. The second-order valence-electron chi connectivity index (χ2n) is 6.61. The van der Waals surface area contributed by atoms with E-state index in [9.17, 15) is 13.2 Å². The Kier molecular flexibility index (Phi) is 5.88. The van der Waals surface area contributed by atoms with Crippen molar-refractivity contribution in [2.45, 2.75) is 17.1 Å². The summed E-state index contributed by atoms with van der Waals surface area (Å²) in [6, 6.07) is 22.5. The lowest BCUT2D eigenvalue weighted by molar-refractivity contribution is -0.137. The number of thioether (sulfide) groups is 1. The number of rotatable bonds is 5. The molecule has 0 fully saturated rings. The molecule has 0 saturated heterocycles. The van der Waals surface area contributed by atoms with Crippen LogP contribution in [0.25, 0.3) is 16.9 Å². The summed E-state index contributed by atoms with van der Waals surface area (Å²) in [6.07, 6.45) is -2.39. The minimum atomic E-state index is -4.33. The van der Waals surface area contributed by atoms with Crippen LogP contribution in [-0.2, 0) is 11.9 Å². The zero-order chi connectivity index (χ0) is 21.1. The lowest BCUT2D eigenvalue weighted by Crippen LogP contribution is -2.04. The van der Waals surface area contributed by atoms with Gasteiger partial charge in [-0.2, -0.15) is 13.2 Å². The summed E-state index contributed by atoms with van der Waals surface area (Å²) < 4.78 is 40.3. The van der Waals surface area contributed by atoms with Crippen LogP contribution in [0.1, 0.15) is 11.1 Å². The van der Waals surface area contributed by atoms with E-state index in [0.29, 0.717) is 10.8 Å². The third-order valence-electron chi connectivity index (χ3n) is 4.48. The first kappa shape index (κ1) is 20.6. The maximum atomic E-state index is 12.8. The summed E-state index contributed by atoms with van der Waals surface area (Å²) >= 11 is 7.62. The van der Waals surface area contributed by atoms with Crippen LogP contribution in [-0.4, -0.2) is 9.55 Å². The molecular formula is C23H16ClF3N2S. The van der Waals surface area contributed by atoms with Gasteiger partial charge in [0.25, 0.3) is 0 Å². The fourth-order valence-electron chi connectivity index (χ4n) is 2.96. The van der Waals surface area contributed by atoms with Crippen molar-refractivity contribution in [3.63, 3.8) is 0 Å². The van der Waals surface area contributed by atoms with Crippen molar-refractivity contribution in [1.82, 2.24) is 9.55 Å². The molecule has 0 amide bonds. The lowest BCUT2D eigenvalue weighted by Gasteiger charge is -2.09. The highest BCUT2D eigenvalue weighted by Crippen LogP contribution is 2.32. The van der Waals surface area contributed by atoms with Crippen molar-refractivity contribution in [2.75, 3.05) is 0 Å². The molecule has 3 aromatic carbocycles. The molecule has 2 nitrogen and oxygen atoms in total. The molecule has 0 aliphatic heterocycles. The zero-order valence-electron chi connectivity index (χ0n) is 15.6. The number of hydrogen-bond donors (Lipinski definition) is 0. The molecule has 152 valence electrons. The first-order chi connectivity index (χ1) is 14.4. The zero-order valence-corrected chi connectivity index (χ0v) is 17.2. The van der Waals surface area contributed by atoms with Gasteiger partial charge in [0, 0.05) is 28.2 Å². The minimum absolute atomic E-state index is 0.490. The molecule has 1 aromatic heterocycles. The Balaban J connectivity index is 1.63. The Bertz CT molecular complexity index is 1140. The third-order valence-corrected chi connectivity index (χ3v) is 5.74. The number of benzene rings is 3.